The second-order valence-corrected chi connectivity index (χ2v) is 4.87. The maximum atomic E-state index is 11.8. The predicted octanol–water partition coefficient (Wildman–Crippen LogP) is 3.16. The molecule has 0 bridgehead atoms. The van der Waals surface area contributed by atoms with Crippen molar-refractivity contribution < 1.29 is 9.63 Å². The van der Waals surface area contributed by atoms with Crippen LogP contribution in [0.1, 0.15) is 24.0 Å². The summed E-state index contributed by atoms with van der Waals surface area (Å²) in [6, 6.07) is 19.8. The molecule has 0 spiro atoms. The Morgan fingerprint density at radius 1 is 1.00 bits per heavy atom. The van der Waals surface area contributed by atoms with Crippen molar-refractivity contribution in [3.8, 4) is 0 Å². The topological polar surface area (TPSA) is 38.7 Å². The van der Waals surface area contributed by atoms with Crippen molar-refractivity contribution >= 4 is 11.5 Å². The molecule has 1 aliphatic heterocycles. The molecule has 0 aromatic heterocycles. The van der Waals surface area contributed by atoms with Gasteiger partial charge >= 0.3 is 0 Å². The number of benzene rings is 2. The molecule has 2 aromatic carbocycles. The fourth-order valence-corrected chi connectivity index (χ4v) is 2.52. The van der Waals surface area contributed by atoms with E-state index in [2.05, 4.69) is 5.16 Å². The van der Waals surface area contributed by atoms with Gasteiger partial charge in [-0.05, 0) is 12.5 Å². The quantitative estimate of drug-likeness (QED) is 0.855. The van der Waals surface area contributed by atoms with Gasteiger partial charge in [-0.25, -0.2) is 0 Å². The Bertz CT molecular complexity index is 635. The van der Waals surface area contributed by atoms with Gasteiger partial charge in [-0.2, -0.15) is 0 Å². The molecule has 0 saturated carbocycles. The van der Waals surface area contributed by atoms with Crippen LogP contribution in [0.2, 0.25) is 0 Å². The van der Waals surface area contributed by atoms with E-state index in [0.29, 0.717) is 0 Å². The van der Waals surface area contributed by atoms with Crippen LogP contribution in [-0.4, -0.2) is 17.6 Å². The smallest absolute Gasteiger partial charge is 0.197 e. The van der Waals surface area contributed by atoms with E-state index in [-0.39, 0.29) is 11.7 Å². The van der Waals surface area contributed by atoms with Crippen LogP contribution < -0.4 is 0 Å². The van der Waals surface area contributed by atoms with Crippen LogP contribution in [0, 0.1) is 0 Å². The number of carbonyl (C=O) groups excluding carboxylic acids is 1. The highest BCUT2D eigenvalue weighted by Crippen LogP contribution is 2.32. The second-order valence-electron chi connectivity index (χ2n) is 4.87. The predicted molar refractivity (Wildman–Crippen MR) is 77.7 cm³/mol. The Hall–Kier alpha value is -2.42. The van der Waals surface area contributed by atoms with Gasteiger partial charge in [-0.15, -0.1) is 0 Å². The van der Waals surface area contributed by atoms with Crippen molar-refractivity contribution in [2.75, 3.05) is 0 Å². The Kier molecular flexibility index (Phi) is 3.33. The third-order valence-corrected chi connectivity index (χ3v) is 3.49. The lowest BCUT2D eigenvalue weighted by atomic mass is 9.85. The van der Waals surface area contributed by atoms with E-state index in [1.807, 2.05) is 60.7 Å². The van der Waals surface area contributed by atoms with Crippen LogP contribution in [0.3, 0.4) is 0 Å². The van der Waals surface area contributed by atoms with Crippen molar-refractivity contribution in [2.45, 2.75) is 18.9 Å². The molecule has 0 amide bonds. The van der Waals surface area contributed by atoms with Crippen LogP contribution in [-0.2, 0) is 9.63 Å². The minimum absolute atomic E-state index is 0.00599. The largest absolute Gasteiger partial charge is 0.383 e. The van der Waals surface area contributed by atoms with E-state index >= 15 is 0 Å². The van der Waals surface area contributed by atoms with Gasteiger partial charge < -0.3 is 4.84 Å². The van der Waals surface area contributed by atoms with Gasteiger partial charge in [0.25, 0.3) is 0 Å². The summed E-state index contributed by atoms with van der Waals surface area (Å²) in [6.07, 6.45) is -0.535. The van der Waals surface area contributed by atoms with Crippen molar-refractivity contribution in [1.82, 2.24) is 0 Å². The first-order valence-electron chi connectivity index (χ1n) is 6.62. The van der Waals surface area contributed by atoms with Crippen LogP contribution in [0.5, 0.6) is 0 Å². The first-order chi connectivity index (χ1) is 9.77. The molecule has 100 valence electrons. The van der Waals surface area contributed by atoms with Crippen LogP contribution >= 0.6 is 0 Å². The van der Waals surface area contributed by atoms with Gasteiger partial charge in [0.05, 0.1) is 11.6 Å². The van der Waals surface area contributed by atoms with Crippen molar-refractivity contribution in [3.05, 3.63) is 71.8 Å². The third-order valence-electron chi connectivity index (χ3n) is 3.49. The van der Waals surface area contributed by atoms with Crippen LogP contribution in [0.15, 0.2) is 65.8 Å². The number of hydrogen-bond donors (Lipinski definition) is 0. The fourth-order valence-electron chi connectivity index (χ4n) is 2.52. The van der Waals surface area contributed by atoms with E-state index in [1.165, 1.54) is 0 Å². The summed E-state index contributed by atoms with van der Waals surface area (Å²) in [5.74, 6) is -0.148. The monoisotopic (exact) mass is 265 g/mol. The van der Waals surface area contributed by atoms with E-state index in [4.69, 9.17) is 4.84 Å². The Balaban J connectivity index is 2.04. The summed E-state index contributed by atoms with van der Waals surface area (Å²) in [5, 5.41) is 4.16. The van der Waals surface area contributed by atoms with Gasteiger partial charge in [0.1, 0.15) is 0 Å². The maximum absolute atomic E-state index is 11.8. The minimum Gasteiger partial charge on any atom is -0.383 e. The van der Waals surface area contributed by atoms with Gasteiger partial charge in [0.2, 0.25) is 0 Å². The molecule has 1 aliphatic rings. The summed E-state index contributed by atoms with van der Waals surface area (Å²) in [6.45, 7) is 1.55. The molecular formula is C17H15NO2. The Morgan fingerprint density at radius 2 is 1.60 bits per heavy atom. The van der Waals surface area contributed by atoms with Crippen LogP contribution in [0.4, 0.5) is 0 Å². The number of ketones is 1. The number of carbonyl (C=O) groups is 1. The Morgan fingerprint density at radius 3 is 2.20 bits per heavy atom. The molecule has 20 heavy (non-hydrogen) atoms. The molecule has 2 aromatic rings. The average Bonchev–Trinajstić information content (AvgIpc) is 2.94. The highest BCUT2D eigenvalue weighted by atomic mass is 16.6. The van der Waals surface area contributed by atoms with Gasteiger partial charge in [0.15, 0.2) is 11.9 Å². The van der Waals surface area contributed by atoms with Crippen molar-refractivity contribution in [1.29, 1.82) is 0 Å². The lowest BCUT2D eigenvalue weighted by Gasteiger charge is -2.17. The molecule has 2 unspecified atom stereocenters. The highest BCUT2D eigenvalue weighted by molar-refractivity contribution is 6.09. The van der Waals surface area contributed by atoms with Crippen molar-refractivity contribution in [3.63, 3.8) is 0 Å². The first-order valence-corrected chi connectivity index (χ1v) is 6.62. The number of Topliss-reactive ketones (excluding diaryl/α,β-unsaturated/α-hetero) is 1. The summed E-state index contributed by atoms with van der Waals surface area (Å²) < 4.78 is 0. The molecule has 0 N–H and O–H groups in total. The summed E-state index contributed by atoms with van der Waals surface area (Å²) in [7, 11) is 0. The van der Waals surface area contributed by atoms with E-state index < -0.39 is 6.10 Å². The molecule has 3 heteroatoms. The summed E-state index contributed by atoms with van der Waals surface area (Å²) in [5.41, 5.74) is 2.86. The van der Waals surface area contributed by atoms with Crippen LogP contribution in [0.25, 0.3) is 0 Å². The zero-order valence-corrected chi connectivity index (χ0v) is 11.2. The molecule has 0 fully saturated rings. The molecule has 2 atom stereocenters. The molecule has 0 radical (unpaired) electrons. The van der Waals surface area contributed by atoms with Gasteiger partial charge in [-0.1, -0.05) is 65.8 Å². The summed E-state index contributed by atoms with van der Waals surface area (Å²) >= 11 is 0. The zero-order valence-electron chi connectivity index (χ0n) is 11.2. The van der Waals surface area contributed by atoms with E-state index in [1.54, 1.807) is 6.92 Å². The molecule has 0 saturated heterocycles. The van der Waals surface area contributed by atoms with Crippen molar-refractivity contribution in [2.24, 2.45) is 5.16 Å². The third kappa shape index (κ3) is 2.23. The first kappa shape index (κ1) is 12.6. The number of nitrogens with zero attached hydrogens (tertiary/aromatic N) is 1. The normalized spacial score (nSPS) is 21.1. The second kappa shape index (κ2) is 5.29. The molecule has 3 nitrogen and oxygen atoms in total. The number of rotatable bonds is 3. The molecule has 1 heterocycles. The molecule has 0 aliphatic carbocycles. The maximum Gasteiger partial charge on any atom is 0.197 e. The number of oxime groups is 1. The minimum atomic E-state index is -0.535. The fraction of sp³-hybridized carbons (Fsp3) is 0.176. The SMILES string of the molecule is CC(=O)C1ON=C(c2ccccc2)C1c1ccccc1. The Labute approximate surface area is 117 Å². The lowest BCUT2D eigenvalue weighted by molar-refractivity contribution is -0.127. The molecular weight excluding hydrogens is 250 g/mol. The van der Waals surface area contributed by atoms with Gasteiger partial charge in [-0.3, -0.25) is 4.79 Å². The van der Waals surface area contributed by atoms with Gasteiger partial charge in [0, 0.05) is 5.56 Å². The van der Waals surface area contributed by atoms with E-state index in [9.17, 15) is 4.79 Å². The zero-order chi connectivity index (χ0) is 13.9. The summed E-state index contributed by atoms with van der Waals surface area (Å²) in [4.78, 5) is 17.2. The lowest BCUT2D eigenvalue weighted by Crippen LogP contribution is -2.28. The molecule has 3 rings (SSSR count). The standard InChI is InChI=1S/C17H15NO2/c1-12(19)17-15(13-8-4-2-5-9-13)16(18-20-17)14-10-6-3-7-11-14/h2-11,15,17H,1H3. The van der Waals surface area contributed by atoms with E-state index in [0.717, 1.165) is 16.8 Å². The number of hydrogen-bond acceptors (Lipinski definition) is 3. The highest BCUT2D eigenvalue weighted by Gasteiger charge is 2.38. The average molecular weight is 265 g/mol.